The third-order valence-corrected chi connectivity index (χ3v) is 4.95. The van der Waals surface area contributed by atoms with Crippen LogP contribution in [0.5, 0.6) is 11.5 Å². The number of ether oxygens (including phenoxy) is 2. The Morgan fingerprint density at radius 2 is 1.59 bits per heavy atom. The molecule has 27 heavy (non-hydrogen) atoms. The van der Waals surface area contributed by atoms with Gasteiger partial charge in [0.05, 0.1) is 14.2 Å². The summed E-state index contributed by atoms with van der Waals surface area (Å²) in [5, 5.41) is 2.95. The molecule has 0 bridgehead atoms. The summed E-state index contributed by atoms with van der Waals surface area (Å²) in [5.41, 5.74) is 3.21. The molecule has 5 heteroatoms. The number of anilines is 1. The molecule has 0 aromatic heterocycles. The molecule has 0 saturated heterocycles. The van der Waals surface area contributed by atoms with Crippen molar-refractivity contribution in [2.45, 2.75) is 4.90 Å². The van der Waals surface area contributed by atoms with Crippen molar-refractivity contribution in [2.75, 3.05) is 25.8 Å². The molecule has 0 aliphatic carbocycles. The summed E-state index contributed by atoms with van der Waals surface area (Å²) in [6.45, 7) is 0. The lowest BCUT2D eigenvalue weighted by atomic mass is 10.0. The molecular formula is C22H21NO3S. The van der Waals surface area contributed by atoms with Gasteiger partial charge in [-0.1, -0.05) is 12.1 Å². The Morgan fingerprint density at radius 1 is 0.889 bits per heavy atom. The zero-order chi connectivity index (χ0) is 19.2. The molecule has 3 rings (SSSR count). The summed E-state index contributed by atoms with van der Waals surface area (Å²) in [4.78, 5) is 13.7. The van der Waals surface area contributed by atoms with Crippen LogP contribution in [0, 0.1) is 0 Å². The zero-order valence-electron chi connectivity index (χ0n) is 15.5. The lowest BCUT2D eigenvalue weighted by Crippen LogP contribution is -2.11. The number of carbonyl (C=O) groups is 1. The molecule has 0 saturated carbocycles. The van der Waals surface area contributed by atoms with Crippen molar-refractivity contribution >= 4 is 23.4 Å². The fourth-order valence-corrected chi connectivity index (χ4v) is 3.14. The van der Waals surface area contributed by atoms with E-state index < -0.39 is 0 Å². The fourth-order valence-electron chi connectivity index (χ4n) is 2.73. The molecule has 1 amide bonds. The minimum Gasteiger partial charge on any atom is -0.497 e. The Hall–Kier alpha value is -2.92. The summed E-state index contributed by atoms with van der Waals surface area (Å²) in [6, 6.07) is 20.9. The Morgan fingerprint density at radius 3 is 2.19 bits per heavy atom. The van der Waals surface area contributed by atoms with E-state index in [0.29, 0.717) is 11.3 Å². The minimum absolute atomic E-state index is 0.145. The second kappa shape index (κ2) is 8.64. The summed E-state index contributed by atoms with van der Waals surface area (Å²) < 4.78 is 10.7. The van der Waals surface area contributed by atoms with E-state index >= 15 is 0 Å². The maximum atomic E-state index is 12.5. The van der Waals surface area contributed by atoms with Crippen LogP contribution in [-0.2, 0) is 0 Å². The van der Waals surface area contributed by atoms with Crippen LogP contribution in [0.2, 0.25) is 0 Å². The summed E-state index contributed by atoms with van der Waals surface area (Å²) in [7, 11) is 3.27. The molecule has 0 atom stereocenters. The van der Waals surface area contributed by atoms with Crippen molar-refractivity contribution in [3.05, 3.63) is 72.3 Å². The molecule has 0 aliphatic rings. The Labute approximate surface area is 163 Å². The van der Waals surface area contributed by atoms with Crippen molar-refractivity contribution in [2.24, 2.45) is 0 Å². The fraction of sp³-hybridized carbons (Fsp3) is 0.136. The lowest BCUT2D eigenvalue weighted by molar-refractivity contribution is 0.102. The first-order chi connectivity index (χ1) is 13.1. The number of methoxy groups -OCH3 is 2. The molecule has 0 spiro atoms. The van der Waals surface area contributed by atoms with Crippen molar-refractivity contribution in [1.29, 1.82) is 0 Å². The highest BCUT2D eigenvalue weighted by Gasteiger charge is 2.11. The molecule has 3 aromatic rings. The predicted molar refractivity (Wildman–Crippen MR) is 111 cm³/mol. The van der Waals surface area contributed by atoms with Crippen molar-refractivity contribution in [3.63, 3.8) is 0 Å². The van der Waals surface area contributed by atoms with Gasteiger partial charge in [-0.2, -0.15) is 0 Å². The van der Waals surface area contributed by atoms with Gasteiger partial charge in [-0.3, -0.25) is 4.79 Å². The highest BCUT2D eigenvalue weighted by atomic mass is 32.2. The van der Waals surface area contributed by atoms with Gasteiger partial charge in [0.15, 0.2) is 0 Å². The summed E-state index contributed by atoms with van der Waals surface area (Å²) in [5.74, 6) is 1.38. The Bertz CT molecular complexity index is 921. The molecule has 0 aliphatic heterocycles. The van der Waals surface area contributed by atoms with Gasteiger partial charge in [-0.05, 0) is 66.4 Å². The third-order valence-electron chi connectivity index (χ3n) is 4.21. The number of benzene rings is 3. The van der Waals surface area contributed by atoms with Crippen LogP contribution in [0.15, 0.2) is 71.6 Å². The van der Waals surface area contributed by atoms with Crippen LogP contribution in [0.25, 0.3) is 11.1 Å². The van der Waals surface area contributed by atoms with E-state index in [-0.39, 0.29) is 5.91 Å². The smallest absolute Gasteiger partial charge is 0.255 e. The molecule has 4 nitrogen and oxygen atoms in total. The van der Waals surface area contributed by atoms with Gasteiger partial charge in [0.1, 0.15) is 11.5 Å². The van der Waals surface area contributed by atoms with Gasteiger partial charge < -0.3 is 14.8 Å². The lowest BCUT2D eigenvalue weighted by Gasteiger charge is -2.13. The SMILES string of the molecule is COc1ccc(-c2cc(NC(=O)c3ccc(SC)cc3)ccc2OC)cc1. The average Bonchev–Trinajstić information content (AvgIpc) is 2.73. The second-order valence-corrected chi connectivity index (χ2v) is 6.71. The van der Waals surface area contributed by atoms with Crippen LogP contribution in [0.4, 0.5) is 5.69 Å². The Balaban J connectivity index is 1.86. The number of rotatable bonds is 6. The first kappa shape index (κ1) is 18.9. The van der Waals surface area contributed by atoms with Gasteiger partial charge >= 0.3 is 0 Å². The topological polar surface area (TPSA) is 47.6 Å². The van der Waals surface area contributed by atoms with E-state index in [0.717, 1.165) is 27.5 Å². The quantitative estimate of drug-likeness (QED) is 0.587. The largest absolute Gasteiger partial charge is 0.497 e. The number of carbonyl (C=O) groups excluding carboxylic acids is 1. The van der Waals surface area contributed by atoms with Crippen LogP contribution in [0.1, 0.15) is 10.4 Å². The Kier molecular flexibility index (Phi) is 6.04. The van der Waals surface area contributed by atoms with Crippen LogP contribution in [0.3, 0.4) is 0 Å². The van der Waals surface area contributed by atoms with E-state index in [1.165, 1.54) is 0 Å². The summed E-state index contributed by atoms with van der Waals surface area (Å²) in [6.07, 6.45) is 2.01. The van der Waals surface area contributed by atoms with E-state index in [1.807, 2.05) is 73.0 Å². The number of thioether (sulfide) groups is 1. The monoisotopic (exact) mass is 379 g/mol. The van der Waals surface area contributed by atoms with Crippen LogP contribution < -0.4 is 14.8 Å². The summed E-state index contributed by atoms with van der Waals surface area (Å²) >= 11 is 1.64. The maximum Gasteiger partial charge on any atom is 0.255 e. The van der Waals surface area contributed by atoms with Gasteiger partial charge in [0, 0.05) is 21.7 Å². The molecule has 0 radical (unpaired) electrons. The van der Waals surface area contributed by atoms with Crippen LogP contribution in [-0.4, -0.2) is 26.4 Å². The zero-order valence-corrected chi connectivity index (χ0v) is 16.3. The van der Waals surface area contributed by atoms with Gasteiger partial charge in [0.2, 0.25) is 0 Å². The van der Waals surface area contributed by atoms with Crippen molar-refractivity contribution in [3.8, 4) is 22.6 Å². The highest BCUT2D eigenvalue weighted by molar-refractivity contribution is 7.98. The second-order valence-electron chi connectivity index (χ2n) is 5.83. The van der Waals surface area contributed by atoms with E-state index in [4.69, 9.17) is 9.47 Å². The predicted octanol–water partition coefficient (Wildman–Crippen LogP) is 5.35. The van der Waals surface area contributed by atoms with E-state index in [1.54, 1.807) is 26.0 Å². The van der Waals surface area contributed by atoms with E-state index in [2.05, 4.69) is 5.32 Å². The van der Waals surface area contributed by atoms with Gasteiger partial charge in [-0.25, -0.2) is 0 Å². The number of amides is 1. The molecule has 138 valence electrons. The number of nitrogens with one attached hydrogen (secondary N) is 1. The molecule has 1 N–H and O–H groups in total. The van der Waals surface area contributed by atoms with Gasteiger partial charge in [-0.15, -0.1) is 11.8 Å². The standard InChI is InChI=1S/C22H21NO3S/c1-25-18-9-4-15(5-10-18)20-14-17(8-13-21(20)26-2)23-22(24)16-6-11-19(27-3)12-7-16/h4-14H,1-3H3,(H,23,24). The number of hydrogen-bond acceptors (Lipinski definition) is 4. The van der Waals surface area contributed by atoms with Gasteiger partial charge in [0.25, 0.3) is 5.91 Å². The third kappa shape index (κ3) is 4.44. The molecule has 0 unspecified atom stereocenters. The maximum absolute atomic E-state index is 12.5. The van der Waals surface area contributed by atoms with Crippen molar-refractivity contribution < 1.29 is 14.3 Å². The highest BCUT2D eigenvalue weighted by Crippen LogP contribution is 2.33. The normalized spacial score (nSPS) is 10.3. The first-order valence-corrected chi connectivity index (χ1v) is 9.65. The number of hydrogen-bond donors (Lipinski definition) is 1. The van der Waals surface area contributed by atoms with Crippen LogP contribution >= 0.6 is 11.8 Å². The molecule has 0 heterocycles. The molecular weight excluding hydrogens is 358 g/mol. The average molecular weight is 379 g/mol. The first-order valence-electron chi connectivity index (χ1n) is 8.42. The van der Waals surface area contributed by atoms with Crippen molar-refractivity contribution in [1.82, 2.24) is 0 Å². The molecule has 0 fully saturated rings. The minimum atomic E-state index is -0.145. The van der Waals surface area contributed by atoms with E-state index in [9.17, 15) is 4.79 Å². The molecule has 3 aromatic carbocycles.